The number of hydrogen-bond acceptors (Lipinski definition) is 4. The highest BCUT2D eigenvalue weighted by atomic mass is 35.5. The number of halogens is 1. The fraction of sp³-hybridized carbons (Fsp3) is 0. The molecule has 0 unspecified atom stereocenters. The van der Waals surface area contributed by atoms with E-state index in [1.54, 1.807) is 0 Å². The number of hydrogen-bond donors (Lipinski definition) is 0. The van der Waals surface area contributed by atoms with Gasteiger partial charge < -0.3 is 4.42 Å². The summed E-state index contributed by atoms with van der Waals surface area (Å²) >= 11 is 6.34. The van der Waals surface area contributed by atoms with Crippen molar-refractivity contribution in [1.82, 2.24) is 15.0 Å². The molecule has 0 bridgehead atoms. The van der Waals surface area contributed by atoms with Gasteiger partial charge in [0.05, 0.1) is 5.02 Å². The first kappa shape index (κ1) is 18.7. The van der Waals surface area contributed by atoms with Gasteiger partial charge in [-0.15, -0.1) is 0 Å². The van der Waals surface area contributed by atoms with Gasteiger partial charge in [0.15, 0.2) is 23.1 Å². The lowest BCUT2D eigenvalue weighted by atomic mass is 10.1. The first-order valence-electron chi connectivity index (χ1n) is 10.2. The van der Waals surface area contributed by atoms with Crippen molar-refractivity contribution in [2.75, 3.05) is 0 Å². The molecule has 0 fully saturated rings. The Morgan fingerprint density at radius 1 is 0.531 bits per heavy atom. The largest absolute Gasteiger partial charge is 0.454 e. The minimum absolute atomic E-state index is 0.589. The van der Waals surface area contributed by atoms with Gasteiger partial charge in [0.2, 0.25) is 0 Å². The Labute approximate surface area is 189 Å². The molecule has 0 aliphatic rings. The molecule has 6 aromatic rings. The molecule has 32 heavy (non-hydrogen) atoms. The first-order chi connectivity index (χ1) is 15.8. The Morgan fingerprint density at radius 2 is 1.12 bits per heavy atom. The van der Waals surface area contributed by atoms with Crippen LogP contribution < -0.4 is 0 Å². The standard InChI is InChI=1S/C27H16ClN3O/c28-22-13-7-12-21-20-15-14-19(16-23(20)32-24(21)22)27-30-25(17-8-3-1-4-9-17)29-26(31-27)18-10-5-2-6-11-18/h1-16H. The second kappa shape index (κ2) is 7.59. The smallest absolute Gasteiger partial charge is 0.164 e. The highest BCUT2D eigenvalue weighted by Gasteiger charge is 2.15. The van der Waals surface area contributed by atoms with Crippen LogP contribution in [0.4, 0.5) is 0 Å². The predicted octanol–water partition coefficient (Wildman–Crippen LogP) is 7.43. The van der Waals surface area contributed by atoms with Gasteiger partial charge in [-0.2, -0.15) is 0 Å². The molecule has 0 aliphatic carbocycles. The van der Waals surface area contributed by atoms with Gasteiger partial charge in [-0.05, 0) is 18.2 Å². The van der Waals surface area contributed by atoms with E-state index in [1.807, 2.05) is 97.1 Å². The number of para-hydroxylation sites is 1. The van der Waals surface area contributed by atoms with Gasteiger partial charge in [0.1, 0.15) is 5.58 Å². The zero-order chi connectivity index (χ0) is 21.5. The Kier molecular flexibility index (Phi) is 4.44. The molecule has 2 aromatic heterocycles. The zero-order valence-corrected chi connectivity index (χ0v) is 17.6. The van der Waals surface area contributed by atoms with Gasteiger partial charge >= 0.3 is 0 Å². The van der Waals surface area contributed by atoms with E-state index < -0.39 is 0 Å². The van der Waals surface area contributed by atoms with E-state index in [0.717, 1.165) is 33.0 Å². The van der Waals surface area contributed by atoms with Crippen molar-refractivity contribution in [2.45, 2.75) is 0 Å². The fourth-order valence-corrected chi connectivity index (χ4v) is 4.05. The lowest BCUT2D eigenvalue weighted by Crippen LogP contribution is -2.00. The van der Waals surface area contributed by atoms with E-state index in [9.17, 15) is 0 Å². The summed E-state index contributed by atoms with van der Waals surface area (Å²) in [4.78, 5) is 14.3. The average Bonchev–Trinajstić information content (AvgIpc) is 3.24. The molecule has 0 radical (unpaired) electrons. The van der Waals surface area contributed by atoms with Crippen molar-refractivity contribution >= 4 is 33.5 Å². The van der Waals surface area contributed by atoms with Crippen LogP contribution in [0, 0.1) is 0 Å². The molecule has 0 N–H and O–H groups in total. The summed E-state index contributed by atoms with van der Waals surface area (Å²) in [7, 11) is 0. The molecule has 0 amide bonds. The Morgan fingerprint density at radius 3 is 1.75 bits per heavy atom. The maximum Gasteiger partial charge on any atom is 0.164 e. The van der Waals surface area contributed by atoms with E-state index in [1.165, 1.54) is 0 Å². The van der Waals surface area contributed by atoms with Gasteiger partial charge in [-0.25, -0.2) is 15.0 Å². The molecule has 0 saturated carbocycles. The maximum absolute atomic E-state index is 6.34. The number of aromatic nitrogens is 3. The van der Waals surface area contributed by atoms with Crippen molar-refractivity contribution in [1.29, 1.82) is 0 Å². The van der Waals surface area contributed by atoms with Crippen molar-refractivity contribution in [2.24, 2.45) is 0 Å². The predicted molar refractivity (Wildman–Crippen MR) is 128 cm³/mol. The van der Waals surface area contributed by atoms with Crippen LogP contribution in [0.5, 0.6) is 0 Å². The molecule has 0 spiro atoms. The third-order valence-electron chi connectivity index (χ3n) is 5.41. The minimum atomic E-state index is 0.589. The van der Waals surface area contributed by atoms with Crippen LogP contribution in [0.1, 0.15) is 0 Å². The summed E-state index contributed by atoms with van der Waals surface area (Å²) < 4.78 is 6.07. The summed E-state index contributed by atoms with van der Waals surface area (Å²) in [5, 5.41) is 2.59. The molecule has 0 aliphatic heterocycles. The highest BCUT2D eigenvalue weighted by molar-refractivity contribution is 6.35. The van der Waals surface area contributed by atoms with Crippen molar-refractivity contribution in [3.8, 4) is 34.2 Å². The van der Waals surface area contributed by atoms with Gasteiger partial charge in [-0.1, -0.05) is 90.5 Å². The number of fused-ring (bicyclic) bond motifs is 3. The van der Waals surface area contributed by atoms with E-state index >= 15 is 0 Å². The van der Waals surface area contributed by atoms with Crippen molar-refractivity contribution < 1.29 is 4.42 Å². The Hall–Kier alpha value is -4.02. The van der Waals surface area contributed by atoms with Gasteiger partial charge in [0.25, 0.3) is 0 Å². The number of furan rings is 1. The quantitative estimate of drug-likeness (QED) is 0.291. The molecule has 0 atom stereocenters. The first-order valence-corrected chi connectivity index (χ1v) is 10.6. The molecule has 6 rings (SSSR count). The average molecular weight is 434 g/mol. The van der Waals surface area contributed by atoms with Crippen LogP contribution in [0.3, 0.4) is 0 Å². The molecule has 152 valence electrons. The molecular weight excluding hydrogens is 418 g/mol. The normalized spacial score (nSPS) is 11.3. The molecule has 0 saturated heterocycles. The lowest BCUT2D eigenvalue weighted by molar-refractivity contribution is 0.669. The topological polar surface area (TPSA) is 51.8 Å². The number of rotatable bonds is 3. The van der Waals surface area contributed by atoms with Crippen LogP contribution in [-0.2, 0) is 0 Å². The fourth-order valence-electron chi connectivity index (χ4n) is 3.84. The van der Waals surface area contributed by atoms with E-state index in [-0.39, 0.29) is 0 Å². The van der Waals surface area contributed by atoms with Gasteiger partial charge in [-0.3, -0.25) is 0 Å². The zero-order valence-electron chi connectivity index (χ0n) is 16.9. The van der Waals surface area contributed by atoms with Crippen LogP contribution >= 0.6 is 11.6 Å². The van der Waals surface area contributed by atoms with Crippen LogP contribution in [-0.4, -0.2) is 15.0 Å². The molecule has 4 aromatic carbocycles. The Balaban J connectivity index is 1.56. The molecule has 5 heteroatoms. The monoisotopic (exact) mass is 433 g/mol. The highest BCUT2D eigenvalue weighted by Crippen LogP contribution is 2.35. The minimum Gasteiger partial charge on any atom is -0.454 e. The summed E-state index contributed by atoms with van der Waals surface area (Å²) in [5.74, 6) is 1.84. The van der Waals surface area contributed by atoms with Crippen molar-refractivity contribution in [3.05, 3.63) is 102 Å². The maximum atomic E-state index is 6.34. The van der Waals surface area contributed by atoms with Gasteiger partial charge in [0, 0.05) is 27.5 Å². The summed E-state index contributed by atoms with van der Waals surface area (Å²) in [6.45, 7) is 0. The Bertz CT molecular complexity index is 1520. The SMILES string of the molecule is Clc1cccc2c1oc1cc(-c3nc(-c4ccccc4)nc(-c4ccccc4)n3)ccc12. The second-order valence-electron chi connectivity index (χ2n) is 7.47. The third kappa shape index (κ3) is 3.22. The molecule has 2 heterocycles. The van der Waals surface area contributed by atoms with E-state index in [0.29, 0.717) is 28.1 Å². The molecule has 4 nitrogen and oxygen atoms in total. The van der Waals surface area contributed by atoms with E-state index in [4.69, 9.17) is 31.0 Å². The van der Waals surface area contributed by atoms with Crippen LogP contribution in [0.2, 0.25) is 5.02 Å². The summed E-state index contributed by atoms with van der Waals surface area (Å²) in [5.41, 5.74) is 4.15. The summed E-state index contributed by atoms with van der Waals surface area (Å²) in [6, 6.07) is 31.6. The van der Waals surface area contributed by atoms with Crippen LogP contribution in [0.15, 0.2) is 101 Å². The third-order valence-corrected chi connectivity index (χ3v) is 5.71. The summed E-state index contributed by atoms with van der Waals surface area (Å²) in [6.07, 6.45) is 0. The van der Waals surface area contributed by atoms with Crippen molar-refractivity contribution in [3.63, 3.8) is 0 Å². The van der Waals surface area contributed by atoms with Crippen LogP contribution in [0.25, 0.3) is 56.1 Å². The number of benzene rings is 4. The lowest BCUT2D eigenvalue weighted by Gasteiger charge is -2.08. The molecular formula is C27H16ClN3O. The second-order valence-corrected chi connectivity index (χ2v) is 7.88. The number of nitrogens with zero attached hydrogens (tertiary/aromatic N) is 3. The van der Waals surface area contributed by atoms with E-state index in [2.05, 4.69) is 0 Å².